The van der Waals surface area contributed by atoms with Crippen LogP contribution >= 0.6 is 11.6 Å². The number of halogens is 2. The van der Waals surface area contributed by atoms with Crippen molar-refractivity contribution in [1.29, 1.82) is 0 Å². The fourth-order valence-electron chi connectivity index (χ4n) is 2.95. The van der Waals surface area contributed by atoms with Crippen molar-refractivity contribution in [3.05, 3.63) is 48.3 Å². The molecule has 0 saturated carbocycles. The summed E-state index contributed by atoms with van der Waals surface area (Å²) in [5.74, 6) is 1.02. The zero-order valence-electron chi connectivity index (χ0n) is 12.6. The Morgan fingerprint density at radius 3 is 3.04 bits per heavy atom. The van der Waals surface area contributed by atoms with E-state index in [0.29, 0.717) is 35.3 Å². The lowest BCUT2D eigenvalue weighted by atomic mass is 10.1. The number of benzene rings is 1. The second-order valence-corrected chi connectivity index (χ2v) is 5.73. The van der Waals surface area contributed by atoms with Gasteiger partial charge in [-0.05, 0) is 18.2 Å². The number of aromatic nitrogens is 7. The third-order valence-electron chi connectivity index (χ3n) is 4.03. The van der Waals surface area contributed by atoms with Crippen LogP contribution in [0.2, 0.25) is 0 Å². The topological polar surface area (TPSA) is 87.4 Å². The lowest BCUT2D eigenvalue weighted by Gasteiger charge is -2.08. The first-order chi connectivity index (χ1) is 12.2. The summed E-state index contributed by atoms with van der Waals surface area (Å²) < 4.78 is 22.4. The number of imidazole rings is 1. The van der Waals surface area contributed by atoms with E-state index in [-0.39, 0.29) is 11.7 Å². The van der Waals surface area contributed by atoms with E-state index in [9.17, 15) is 4.39 Å². The molecule has 0 atom stereocenters. The number of nitrogens with zero attached hydrogens (tertiary/aromatic N) is 7. The van der Waals surface area contributed by atoms with Gasteiger partial charge in [-0.1, -0.05) is 5.16 Å². The summed E-state index contributed by atoms with van der Waals surface area (Å²) in [7, 11) is 0. The van der Waals surface area contributed by atoms with Gasteiger partial charge in [-0.15, -0.1) is 11.6 Å². The lowest BCUT2D eigenvalue weighted by molar-refractivity contribution is 0.391. The number of rotatable bonds is 2. The first-order valence-corrected chi connectivity index (χ1v) is 7.91. The van der Waals surface area contributed by atoms with Gasteiger partial charge in [-0.2, -0.15) is 10.1 Å². The van der Waals surface area contributed by atoms with Crippen LogP contribution in [0.4, 0.5) is 4.39 Å². The average Bonchev–Trinajstić information content (AvgIpc) is 3.33. The highest BCUT2D eigenvalue weighted by Gasteiger charge is 2.26. The maximum absolute atomic E-state index is 13.8. The highest BCUT2D eigenvalue weighted by Crippen LogP contribution is 2.33. The molecule has 124 valence electrons. The van der Waals surface area contributed by atoms with E-state index in [1.165, 1.54) is 18.5 Å². The normalized spacial score (nSPS) is 12.4. The average molecular weight is 358 g/mol. The Hall–Kier alpha value is -3.07. The van der Waals surface area contributed by atoms with Crippen molar-refractivity contribution in [3.8, 4) is 28.6 Å². The van der Waals surface area contributed by atoms with E-state index in [1.807, 2.05) is 4.57 Å². The summed E-state index contributed by atoms with van der Waals surface area (Å²) in [6, 6.07) is 4.52. The fraction of sp³-hybridized carbons (Fsp3) is 0.133. The van der Waals surface area contributed by atoms with E-state index >= 15 is 0 Å². The van der Waals surface area contributed by atoms with Gasteiger partial charge in [0.1, 0.15) is 30.0 Å². The van der Waals surface area contributed by atoms with Gasteiger partial charge in [0.2, 0.25) is 11.7 Å². The summed E-state index contributed by atoms with van der Waals surface area (Å²) in [6.45, 7) is 0.381. The second-order valence-electron chi connectivity index (χ2n) is 5.46. The van der Waals surface area contributed by atoms with E-state index in [4.69, 9.17) is 16.1 Å². The van der Waals surface area contributed by atoms with Crippen LogP contribution in [-0.2, 0) is 12.4 Å². The molecule has 3 aromatic heterocycles. The summed E-state index contributed by atoms with van der Waals surface area (Å²) >= 11 is 5.73. The molecule has 0 unspecified atom stereocenters. The van der Waals surface area contributed by atoms with Gasteiger partial charge in [0.05, 0.1) is 17.9 Å². The third-order valence-corrected chi connectivity index (χ3v) is 4.26. The largest absolute Gasteiger partial charge is 0.338 e. The van der Waals surface area contributed by atoms with Gasteiger partial charge >= 0.3 is 0 Å². The Labute approximate surface area is 144 Å². The first kappa shape index (κ1) is 14.3. The molecule has 0 fully saturated rings. The highest BCUT2D eigenvalue weighted by atomic mass is 35.5. The number of fused-ring (bicyclic) bond motifs is 5. The summed E-state index contributed by atoms with van der Waals surface area (Å²) in [4.78, 5) is 12.9. The van der Waals surface area contributed by atoms with Crippen LogP contribution < -0.4 is 0 Å². The minimum absolute atomic E-state index is 0.123. The van der Waals surface area contributed by atoms with Gasteiger partial charge in [0.25, 0.3) is 0 Å². The van der Waals surface area contributed by atoms with Crippen molar-refractivity contribution in [2.75, 3.05) is 0 Å². The van der Waals surface area contributed by atoms with Crippen LogP contribution in [0.3, 0.4) is 0 Å². The molecule has 0 N–H and O–H groups in total. The molecule has 1 aliphatic rings. The quantitative estimate of drug-likeness (QED) is 0.451. The first-order valence-electron chi connectivity index (χ1n) is 7.38. The zero-order valence-corrected chi connectivity index (χ0v) is 13.4. The molecular weight excluding hydrogens is 349 g/mol. The number of hydrogen-bond acceptors (Lipinski definition) is 6. The SMILES string of the molecule is Fc1ccc2c(c1)-c1ncnn1Cc1c(-c3noc(CCl)n3)ncn1-2. The van der Waals surface area contributed by atoms with E-state index in [0.717, 1.165) is 11.4 Å². The monoisotopic (exact) mass is 357 g/mol. The molecule has 25 heavy (non-hydrogen) atoms. The highest BCUT2D eigenvalue weighted by molar-refractivity contribution is 6.16. The Bertz CT molecular complexity index is 1100. The van der Waals surface area contributed by atoms with E-state index < -0.39 is 0 Å². The maximum atomic E-state index is 13.8. The molecule has 1 aliphatic heterocycles. The van der Waals surface area contributed by atoms with Gasteiger partial charge in [-0.3, -0.25) is 4.57 Å². The second kappa shape index (κ2) is 5.21. The molecule has 4 heterocycles. The Balaban J connectivity index is 1.77. The summed E-state index contributed by atoms with van der Waals surface area (Å²) in [5, 5.41) is 8.17. The Morgan fingerprint density at radius 1 is 1.28 bits per heavy atom. The van der Waals surface area contributed by atoms with E-state index in [2.05, 4.69) is 25.2 Å². The predicted molar refractivity (Wildman–Crippen MR) is 84.5 cm³/mol. The minimum Gasteiger partial charge on any atom is -0.338 e. The van der Waals surface area contributed by atoms with Gasteiger partial charge in [0.15, 0.2) is 5.82 Å². The third kappa shape index (κ3) is 2.09. The molecule has 8 nitrogen and oxygen atoms in total. The van der Waals surface area contributed by atoms with Crippen LogP contribution in [0.25, 0.3) is 28.6 Å². The molecule has 5 rings (SSSR count). The predicted octanol–water partition coefficient (Wildman–Crippen LogP) is 2.42. The Kier molecular flexibility index (Phi) is 2.98. The maximum Gasteiger partial charge on any atom is 0.241 e. The molecular formula is C15H9ClFN7O. The van der Waals surface area contributed by atoms with Crippen LogP contribution in [0.15, 0.2) is 35.4 Å². The molecule has 10 heteroatoms. The van der Waals surface area contributed by atoms with Gasteiger partial charge in [-0.25, -0.2) is 19.0 Å². The summed E-state index contributed by atoms with van der Waals surface area (Å²) in [6.07, 6.45) is 3.08. The standard InChI is InChI=1S/C15H9ClFN7O/c16-4-12-21-14(22-25-12)13-11-5-24-15(18-6-20-24)9-3-8(17)1-2-10(9)23(11)7-19-13/h1-3,6-7H,4-5H2. The van der Waals surface area contributed by atoms with Crippen molar-refractivity contribution in [2.45, 2.75) is 12.4 Å². The van der Waals surface area contributed by atoms with Crippen LogP contribution in [0, 0.1) is 5.82 Å². The van der Waals surface area contributed by atoms with Crippen molar-refractivity contribution in [1.82, 2.24) is 34.5 Å². The lowest BCUT2D eigenvalue weighted by Crippen LogP contribution is -2.05. The summed E-state index contributed by atoms with van der Waals surface area (Å²) in [5.41, 5.74) is 2.73. The molecule has 0 spiro atoms. The fourth-order valence-corrected chi connectivity index (χ4v) is 3.06. The van der Waals surface area contributed by atoms with Crippen LogP contribution in [0.1, 0.15) is 11.6 Å². The van der Waals surface area contributed by atoms with E-state index in [1.54, 1.807) is 17.1 Å². The molecule has 0 radical (unpaired) electrons. The van der Waals surface area contributed by atoms with Gasteiger partial charge in [0, 0.05) is 5.56 Å². The van der Waals surface area contributed by atoms with Crippen LogP contribution in [-0.4, -0.2) is 34.5 Å². The molecule has 0 aliphatic carbocycles. The zero-order chi connectivity index (χ0) is 17.0. The molecule has 1 aromatic carbocycles. The minimum atomic E-state index is -0.345. The molecule has 0 saturated heterocycles. The number of alkyl halides is 1. The van der Waals surface area contributed by atoms with Crippen molar-refractivity contribution in [3.63, 3.8) is 0 Å². The number of hydrogen-bond donors (Lipinski definition) is 0. The van der Waals surface area contributed by atoms with Crippen LogP contribution in [0.5, 0.6) is 0 Å². The smallest absolute Gasteiger partial charge is 0.241 e. The molecule has 4 aromatic rings. The van der Waals surface area contributed by atoms with Crippen molar-refractivity contribution >= 4 is 11.6 Å². The molecule has 0 amide bonds. The van der Waals surface area contributed by atoms with Gasteiger partial charge < -0.3 is 4.52 Å². The molecule has 0 bridgehead atoms. The van der Waals surface area contributed by atoms with Crippen molar-refractivity contribution in [2.24, 2.45) is 0 Å². The van der Waals surface area contributed by atoms with Crippen molar-refractivity contribution < 1.29 is 8.91 Å². The Morgan fingerprint density at radius 2 is 2.20 bits per heavy atom.